The molecule has 0 bridgehead atoms. The summed E-state index contributed by atoms with van der Waals surface area (Å²) in [5.41, 5.74) is 0. The molecule has 1 amide bonds. The van der Waals surface area contributed by atoms with Crippen molar-refractivity contribution in [2.45, 2.75) is 44.2 Å². The summed E-state index contributed by atoms with van der Waals surface area (Å²) < 4.78 is 5.14. The molecule has 19 heavy (non-hydrogen) atoms. The van der Waals surface area contributed by atoms with Crippen LogP contribution >= 0.6 is 0 Å². The van der Waals surface area contributed by atoms with Gasteiger partial charge in [-0.25, -0.2) is 0 Å². The smallest absolute Gasteiger partial charge is 0.237 e. The first-order valence-electron chi connectivity index (χ1n) is 7.55. The van der Waals surface area contributed by atoms with Crippen LogP contribution in [-0.2, 0) is 9.53 Å². The van der Waals surface area contributed by atoms with Gasteiger partial charge in [-0.05, 0) is 45.3 Å². The van der Waals surface area contributed by atoms with Crippen LogP contribution in [0.15, 0.2) is 0 Å². The van der Waals surface area contributed by atoms with Crippen LogP contribution in [0.25, 0.3) is 0 Å². The number of hydrogen-bond acceptors (Lipinski definition) is 4. The fourth-order valence-electron chi connectivity index (χ4n) is 3.03. The molecular formula is C14H27N3O2. The van der Waals surface area contributed by atoms with Gasteiger partial charge in [-0.3, -0.25) is 9.69 Å². The van der Waals surface area contributed by atoms with Crippen LogP contribution in [0.5, 0.6) is 0 Å². The van der Waals surface area contributed by atoms with Crippen LogP contribution in [-0.4, -0.2) is 62.8 Å². The number of nitrogens with zero attached hydrogens (tertiary/aromatic N) is 1. The first kappa shape index (κ1) is 14.8. The molecule has 2 saturated heterocycles. The molecule has 0 radical (unpaired) electrons. The largest absolute Gasteiger partial charge is 0.383 e. The topological polar surface area (TPSA) is 53.6 Å². The Labute approximate surface area is 116 Å². The van der Waals surface area contributed by atoms with E-state index in [0.717, 1.165) is 51.9 Å². The Kier molecular flexibility index (Phi) is 6.07. The Balaban J connectivity index is 1.83. The maximum atomic E-state index is 12.4. The number of carbonyl (C=O) groups is 1. The average Bonchev–Trinajstić information content (AvgIpc) is 2.46. The van der Waals surface area contributed by atoms with Crippen molar-refractivity contribution >= 4 is 5.91 Å². The highest BCUT2D eigenvalue weighted by atomic mass is 16.5. The van der Waals surface area contributed by atoms with E-state index in [9.17, 15) is 4.79 Å². The molecule has 0 spiro atoms. The van der Waals surface area contributed by atoms with Crippen molar-refractivity contribution in [1.82, 2.24) is 15.5 Å². The summed E-state index contributed by atoms with van der Waals surface area (Å²) in [6, 6.07) is 0.415. The normalized spacial score (nSPS) is 26.3. The number of nitrogens with one attached hydrogen (secondary N) is 2. The maximum Gasteiger partial charge on any atom is 0.237 e. The lowest BCUT2D eigenvalue weighted by molar-refractivity contribution is -0.128. The van der Waals surface area contributed by atoms with Gasteiger partial charge in [0.1, 0.15) is 0 Å². The number of piperidine rings is 2. The van der Waals surface area contributed by atoms with Gasteiger partial charge in [0.15, 0.2) is 0 Å². The Morgan fingerprint density at radius 3 is 2.84 bits per heavy atom. The summed E-state index contributed by atoms with van der Waals surface area (Å²) in [6.07, 6.45) is 5.45. The van der Waals surface area contributed by atoms with E-state index in [-0.39, 0.29) is 11.9 Å². The zero-order valence-electron chi connectivity index (χ0n) is 12.0. The highest BCUT2D eigenvalue weighted by Gasteiger charge is 2.29. The molecule has 0 aromatic carbocycles. The van der Waals surface area contributed by atoms with Gasteiger partial charge in [0.05, 0.1) is 12.6 Å². The van der Waals surface area contributed by atoms with Crippen LogP contribution in [0.1, 0.15) is 32.1 Å². The summed E-state index contributed by atoms with van der Waals surface area (Å²) in [6.45, 7) is 4.62. The monoisotopic (exact) mass is 269 g/mol. The molecule has 2 heterocycles. The minimum Gasteiger partial charge on any atom is -0.383 e. The molecule has 2 fully saturated rings. The van der Waals surface area contributed by atoms with Crippen molar-refractivity contribution < 1.29 is 9.53 Å². The second kappa shape index (κ2) is 7.82. The molecule has 110 valence electrons. The van der Waals surface area contributed by atoms with Gasteiger partial charge in [0, 0.05) is 19.7 Å². The lowest BCUT2D eigenvalue weighted by Crippen LogP contribution is -2.53. The lowest BCUT2D eigenvalue weighted by Gasteiger charge is -2.36. The number of rotatable bonds is 5. The second-order valence-corrected chi connectivity index (χ2v) is 5.57. The van der Waals surface area contributed by atoms with E-state index in [1.165, 1.54) is 6.42 Å². The van der Waals surface area contributed by atoms with Crippen molar-refractivity contribution in [3.63, 3.8) is 0 Å². The van der Waals surface area contributed by atoms with Crippen molar-refractivity contribution in [2.75, 3.05) is 39.9 Å². The number of likely N-dealkylation sites (tertiary alicyclic amines) is 1. The number of ether oxygens (including phenoxy) is 1. The van der Waals surface area contributed by atoms with Crippen LogP contribution < -0.4 is 10.6 Å². The van der Waals surface area contributed by atoms with E-state index in [2.05, 4.69) is 15.5 Å². The number of hydrogen-bond donors (Lipinski definition) is 2. The highest BCUT2D eigenvalue weighted by Crippen LogP contribution is 2.17. The van der Waals surface area contributed by atoms with E-state index < -0.39 is 0 Å². The molecule has 2 aliphatic rings. The SMILES string of the molecule is COCCN1CCCCC1C(=O)NC1CCNCC1. The molecule has 0 saturated carbocycles. The van der Waals surface area contributed by atoms with Crippen molar-refractivity contribution in [1.29, 1.82) is 0 Å². The first-order chi connectivity index (χ1) is 9.31. The first-order valence-corrected chi connectivity index (χ1v) is 7.55. The molecule has 5 nitrogen and oxygen atoms in total. The molecular weight excluding hydrogens is 242 g/mol. The summed E-state index contributed by atoms with van der Waals surface area (Å²) in [5, 5.41) is 6.56. The molecule has 2 aliphatic heterocycles. The summed E-state index contributed by atoms with van der Waals surface area (Å²) >= 11 is 0. The highest BCUT2D eigenvalue weighted by molar-refractivity contribution is 5.82. The van der Waals surface area contributed by atoms with Gasteiger partial charge in [0.25, 0.3) is 0 Å². The van der Waals surface area contributed by atoms with Crippen LogP contribution in [0, 0.1) is 0 Å². The quantitative estimate of drug-likeness (QED) is 0.756. The van der Waals surface area contributed by atoms with Crippen molar-refractivity contribution in [3.8, 4) is 0 Å². The third-order valence-electron chi connectivity index (χ3n) is 4.18. The Morgan fingerprint density at radius 2 is 2.11 bits per heavy atom. The van der Waals surface area contributed by atoms with E-state index in [4.69, 9.17) is 4.74 Å². The molecule has 0 aliphatic carbocycles. The third-order valence-corrected chi connectivity index (χ3v) is 4.18. The predicted octanol–water partition coefficient (Wildman–Crippen LogP) is 0.356. The van der Waals surface area contributed by atoms with E-state index in [1.807, 2.05) is 0 Å². The standard InChI is InChI=1S/C14H27N3O2/c1-19-11-10-17-9-3-2-4-13(17)14(18)16-12-5-7-15-8-6-12/h12-13,15H,2-11H2,1H3,(H,16,18). The van der Waals surface area contributed by atoms with Crippen LogP contribution in [0.2, 0.25) is 0 Å². The predicted molar refractivity (Wildman–Crippen MR) is 75.1 cm³/mol. The Hall–Kier alpha value is -0.650. The zero-order valence-corrected chi connectivity index (χ0v) is 12.0. The third kappa shape index (κ3) is 4.44. The minimum absolute atomic E-state index is 0.0544. The zero-order chi connectivity index (χ0) is 13.5. The Morgan fingerprint density at radius 1 is 1.32 bits per heavy atom. The summed E-state index contributed by atoms with van der Waals surface area (Å²) in [4.78, 5) is 14.7. The number of carbonyl (C=O) groups excluding carboxylic acids is 1. The van der Waals surface area contributed by atoms with E-state index in [1.54, 1.807) is 7.11 Å². The van der Waals surface area contributed by atoms with E-state index >= 15 is 0 Å². The fraction of sp³-hybridized carbons (Fsp3) is 0.929. The van der Waals surface area contributed by atoms with Gasteiger partial charge in [-0.15, -0.1) is 0 Å². The van der Waals surface area contributed by atoms with Gasteiger partial charge < -0.3 is 15.4 Å². The molecule has 1 atom stereocenters. The molecule has 2 rings (SSSR count). The molecule has 1 unspecified atom stereocenters. The second-order valence-electron chi connectivity index (χ2n) is 5.57. The maximum absolute atomic E-state index is 12.4. The van der Waals surface area contributed by atoms with Gasteiger partial charge in [-0.2, -0.15) is 0 Å². The number of methoxy groups -OCH3 is 1. The summed E-state index contributed by atoms with van der Waals surface area (Å²) in [5.74, 6) is 0.225. The van der Waals surface area contributed by atoms with Gasteiger partial charge in [0.2, 0.25) is 5.91 Å². The fourth-order valence-corrected chi connectivity index (χ4v) is 3.03. The van der Waals surface area contributed by atoms with Gasteiger partial charge >= 0.3 is 0 Å². The van der Waals surface area contributed by atoms with Gasteiger partial charge in [-0.1, -0.05) is 6.42 Å². The van der Waals surface area contributed by atoms with Crippen molar-refractivity contribution in [3.05, 3.63) is 0 Å². The van der Waals surface area contributed by atoms with Crippen LogP contribution in [0.4, 0.5) is 0 Å². The van der Waals surface area contributed by atoms with Crippen LogP contribution in [0.3, 0.4) is 0 Å². The molecule has 0 aromatic rings. The lowest BCUT2D eigenvalue weighted by atomic mass is 10.00. The number of amides is 1. The molecule has 5 heteroatoms. The molecule has 0 aromatic heterocycles. The average molecular weight is 269 g/mol. The minimum atomic E-state index is 0.0544. The van der Waals surface area contributed by atoms with Crippen molar-refractivity contribution in [2.24, 2.45) is 0 Å². The van der Waals surface area contributed by atoms with E-state index in [0.29, 0.717) is 12.6 Å². The Bertz CT molecular complexity index is 280. The molecule has 2 N–H and O–H groups in total. The summed E-state index contributed by atoms with van der Waals surface area (Å²) in [7, 11) is 1.72.